The fraction of sp³-hybridized carbons (Fsp3) is 0.174. The molecule has 0 saturated heterocycles. The monoisotopic (exact) mass is 501 g/mol. The molecule has 2 aromatic carbocycles. The molecule has 164 valence electrons. The van der Waals surface area contributed by atoms with E-state index < -0.39 is 17.5 Å². The quantitative estimate of drug-likeness (QED) is 0.472. The summed E-state index contributed by atoms with van der Waals surface area (Å²) in [4.78, 5) is 25.2. The lowest BCUT2D eigenvalue weighted by Gasteiger charge is -2.13. The van der Waals surface area contributed by atoms with Crippen LogP contribution >= 0.6 is 15.9 Å². The van der Waals surface area contributed by atoms with Gasteiger partial charge >= 0.3 is 0 Å². The maximum absolute atomic E-state index is 13.9. The van der Waals surface area contributed by atoms with Gasteiger partial charge in [-0.05, 0) is 60.0 Å². The van der Waals surface area contributed by atoms with Crippen molar-refractivity contribution in [3.05, 3.63) is 86.8 Å². The number of amides is 2. The highest BCUT2D eigenvalue weighted by molar-refractivity contribution is 9.10. The summed E-state index contributed by atoms with van der Waals surface area (Å²) in [5.74, 6) is -2.06. The average molecular weight is 502 g/mol. The first-order valence-corrected chi connectivity index (χ1v) is 10.6. The van der Waals surface area contributed by atoms with Gasteiger partial charge in [0.25, 0.3) is 11.8 Å². The van der Waals surface area contributed by atoms with Crippen LogP contribution in [0, 0.1) is 18.6 Å². The van der Waals surface area contributed by atoms with E-state index in [2.05, 4.69) is 31.8 Å². The van der Waals surface area contributed by atoms with Crippen LogP contribution in [0.15, 0.2) is 56.5 Å². The maximum Gasteiger partial charge on any atom is 0.291 e. The van der Waals surface area contributed by atoms with Gasteiger partial charge in [0.2, 0.25) is 0 Å². The van der Waals surface area contributed by atoms with Crippen molar-refractivity contribution in [1.29, 1.82) is 0 Å². The Kier molecular flexibility index (Phi) is 6.18. The Bertz CT molecular complexity index is 1250. The minimum absolute atomic E-state index is 0.0189. The molecular formula is C23H18BrF2N3O3. The van der Waals surface area contributed by atoms with Gasteiger partial charge in [-0.25, -0.2) is 14.2 Å². The molecule has 1 heterocycles. The van der Waals surface area contributed by atoms with E-state index >= 15 is 0 Å². The third kappa shape index (κ3) is 4.34. The molecule has 0 saturated carbocycles. The molecule has 0 unspecified atom stereocenters. The van der Waals surface area contributed by atoms with Gasteiger partial charge in [-0.15, -0.1) is 0 Å². The highest BCUT2D eigenvalue weighted by Crippen LogP contribution is 2.30. The molecule has 3 aromatic rings. The Morgan fingerprint density at radius 1 is 1.09 bits per heavy atom. The van der Waals surface area contributed by atoms with E-state index in [1.807, 2.05) is 0 Å². The molecule has 9 heteroatoms. The van der Waals surface area contributed by atoms with E-state index in [0.717, 1.165) is 18.6 Å². The molecule has 0 fully saturated rings. The largest absolute Gasteiger partial charge is 0.455 e. The predicted octanol–water partition coefficient (Wildman–Crippen LogP) is 5.35. The Morgan fingerprint density at radius 3 is 2.62 bits per heavy atom. The summed E-state index contributed by atoms with van der Waals surface area (Å²) >= 11 is 3.34. The van der Waals surface area contributed by atoms with Crippen molar-refractivity contribution in [1.82, 2.24) is 5.43 Å². The van der Waals surface area contributed by atoms with Gasteiger partial charge in [0, 0.05) is 28.1 Å². The molecule has 0 radical (unpaired) electrons. The molecule has 0 atom stereocenters. The molecule has 6 nitrogen and oxygen atoms in total. The number of hydrogen-bond donors (Lipinski definition) is 2. The number of fused-ring (bicyclic) bond motifs is 1. The number of anilines is 1. The first kappa shape index (κ1) is 21.9. The summed E-state index contributed by atoms with van der Waals surface area (Å²) in [6.07, 6.45) is 1.93. The van der Waals surface area contributed by atoms with E-state index in [4.69, 9.17) is 4.42 Å². The highest BCUT2D eigenvalue weighted by atomic mass is 79.9. The molecule has 1 aliphatic carbocycles. The fourth-order valence-electron chi connectivity index (χ4n) is 3.59. The first-order chi connectivity index (χ1) is 15.3. The zero-order valence-corrected chi connectivity index (χ0v) is 18.6. The van der Waals surface area contributed by atoms with Crippen molar-refractivity contribution in [3.63, 3.8) is 0 Å². The minimum Gasteiger partial charge on any atom is -0.455 e. The topological polar surface area (TPSA) is 83.7 Å². The van der Waals surface area contributed by atoms with Crippen LogP contribution < -0.4 is 10.7 Å². The number of carbonyl (C=O) groups is 2. The number of carbonyl (C=O) groups excluding carboxylic acids is 2. The molecule has 2 N–H and O–H groups in total. The summed E-state index contributed by atoms with van der Waals surface area (Å²) in [6.45, 7) is 1.70. The number of nitrogens with one attached hydrogen (secondary N) is 2. The normalized spacial score (nSPS) is 14.2. The van der Waals surface area contributed by atoms with E-state index in [1.54, 1.807) is 31.2 Å². The zero-order valence-electron chi connectivity index (χ0n) is 17.0. The number of benzene rings is 2. The molecule has 0 bridgehead atoms. The first-order valence-electron chi connectivity index (χ1n) is 9.85. The van der Waals surface area contributed by atoms with Crippen LogP contribution in [0.5, 0.6) is 0 Å². The SMILES string of the molecule is Cc1c(C(=O)Nc2ccc(F)cc2F)oc2c1/C(=N/NC(=O)c1ccccc1Br)CCC2. The van der Waals surface area contributed by atoms with Crippen LogP contribution in [0.2, 0.25) is 0 Å². The summed E-state index contributed by atoms with van der Waals surface area (Å²) in [5, 5.41) is 6.69. The van der Waals surface area contributed by atoms with Crippen LogP contribution in [0.3, 0.4) is 0 Å². The van der Waals surface area contributed by atoms with E-state index in [-0.39, 0.29) is 17.4 Å². The molecule has 4 rings (SSSR count). The number of aryl methyl sites for hydroxylation is 1. The van der Waals surface area contributed by atoms with E-state index in [0.29, 0.717) is 51.5 Å². The van der Waals surface area contributed by atoms with Crippen molar-refractivity contribution in [2.24, 2.45) is 5.10 Å². The molecule has 0 spiro atoms. The van der Waals surface area contributed by atoms with E-state index in [9.17, 15) is 18.4 Å². The van der Waals surface area contributed by atoms with Crippen LogP contribution in [0.25, 0.3) is 0 Å². The Labute approximate surface area is 190 Å². The molecular weight excluding hydrogens is 484 g/mol. The number of nitrogens with zero attached hydrogens (tertiary/aromatic N) is 1. The fourth-order valence-corrected chi connectivity index (χ4v) is 4.06. The second-order valence-electron chi connectivity index (χ2n) is 7.27. The number of rotatable bonds is 4. The lowest BCUT2D eigenvalue weighted by molar-refractivity contribution is 0.0952. The van der Waals surface area contributed by atoms with Crippen molar-refractivity contribution >= 4 is 39.1 Å². The average Bonchev–Trinajstić information content (AvgIpc) is 3.11. The van der Waals surface area contributed by atoms with Crippen molar-refractivity contribution in [2.75, 3.05) is 5.32 Å². The van der Waals surface area contributed by atoms with Gasteiger partial charge in [-0.1, -0.05) is 12.1 Å². The smallest absolute Gasteiger partial charge is 0.291 e. The molecule has 1 aromatic heterocycles. The lowest BCUT2D eigenvalue weighted by atomic mass is 9.93. The van der Waals surface area contributed by atoms with Gasteiger partial charge < -0.3 is 9.73 Å². The predicted molar refractivity (Wildman–Crippen MR) is 119 cm³/mol. The summed E-state index contributed by atoms with van der Waals surface area (Å²) in [5.41, 5.74) is 4.64. The summed E-state index contributed by atoms with van der Waals surface area (Å²) in [6, 6.07) is 9.87. The lowest BCUT2D eigenvalue weighted by Crippen LogP contribution is -2.22. The zero-order chi connectivity index (χ0) is 22.8. The van der Waals surface area contributed by atoms with Gasteiger partial charge in [-0.3, -0.25) is 9.59 Å². The Hall–Kier alpha value is -3.33. The molecule has 1 aliphatic rings. The Balaban J connectivity index is 1.58. The Morgan fingerprint density at radius 2 is 1.88 bits per heavy atom. The second-order valence-corrected chi connectivity index (χ2v) is 8.12. The maximum atomic E-state index is 13.9. The highest BCUT2D eigenvalue weighted by Gasteiger charge is 2.28. The van der Waals surface area contributed by atoms with Crippen LogP contribution in [0.4, 0.5) is 14.5 Å². The van der Waals surface area contributed by atoms with Crippen molar-refractivity contribution in [2.45, 2.75) is 26.2 Å². The third-order valence-electron chi connectivity index (χ3n) is 5.12. The van der Waals surface area contributed by atoms with Gasteiger partial charge in [-0.2, -0.15) is 5.10 Å². The molecule has 0 aliphatic heterocycles. The second kappa shape index (κ2) is 9.04. The number of hydrogen-bond acceptors (Lipinski definition) is 4. The number of furan rings is 1. The standard InChI is InChI=1S/C23H18BrF2N3O3/c1-12-20-18(28-29-22(30)14-5-2-3-6-15(14)24)7-4-8-19(20)32-21(12)23(31)27-17-10-9-13(25)11-16(17)26/h2-3,5-6,9-11H,4,7-8H2,1H3,(H,27,31)(H,29,30)/b28-18+. The summed E-state index contributed by atoms with van der Waals surface area (Å²) in [7, 11) is 0. The van der Waals surface area contributed by atoms with E-state index in [1.165, 1.54) is 0 Å². The van der Waals surface area contributed by atoms with Gasteiger partial charge in [0.1, 0.15) is 17.4 Å². The number of halogens is 3. The molecule has 2 amide bonds. The number of hydrazone groups is 1. The van der Waals surface area contributed by atoms with Crippen LogP contribution in [0.1, 0.15) is 50.6 Å². The minimum atomic E-state index is -0.885. The van der Waals surface area contributed by atoms with Crippen molar-refractivity contribution in [3.8, 4) is 0 Å². The van der Waals surface area contributed by atoms with Crippen molar-refractivity contribution < 1.29 is 22.8 Å². The van der Waals surface area contributed by atoms with Crippen LogP contribution in [-0.4, -0.2) is 17.5 Å². The van der Waals surface area contributed by atoms with Crippen LogP contribution in [-0.2, 0) is 6.42 Å². The van der Waals surface area contributed by atoms with Gasteiger partial charge in [0.15, 0.2) is 5.76 Å². The third-order valence-corrected chi connectivity index (χ3v) is 5.81. The van der Waals surface area contributed by atoms with Gasteiger partial charge in [0.05, 0.1) is 17.0 Å². The summed E-state index contributed by atoms with van der Waals surface area (Å²) < 4.78 is 33.4. The molecule has 32 heavy (non-hydrogen) atoms.